The van der Waals surface area contributed by atoms with Gasteiger partial charge in [0.05, 0.1) is 6.04 Å². The molecule has 1 aliphatic rings. The van der Waals surface area contributed by atoms with Crippen LogP contribution in [0.2, 0.25) is 0 Å². The van der Waals surface area contributed by atoms with Crippen LogP contribution in [0.3, 0.4) is 0 Å². The van der Waals surface area contributed by atoms with Crippen molar-refractivity contribution in [3.8, 4) is 0 Å². The van der Waals surface area contributed by atoms with Crippen LogP contribution in [-0.2, 0) is 11.2 Å². The Bertz CT molecular complexity index is 845. The van der Waals surface area contributed by atoms with Gasteiger partial charge in [-0.05, 0) is 48.4 Å². The van der Waals surface area contributed by atoms with Crippen molar-refractivity contribution in [3.63, 3.8) is 0 Å². The molecule has 2 amide bonds. The number of benzene rings is 1. The summed E-state index contributed by atoms with van der Waals surface area (Å²) in [6.45, 7) is 6.11. The highest BCUT2D eigenvalue weighted by Gasteiger charge is 2.35. The normalized spacial score (nSPS) is 17.6. The Balaban J connectivity index is 1.82. The predicted octanol–water partition coefficient (Wildman–Crippen LogP) is 3.93. The molecule has 1 N–H and O–H groups in total. The lowest BCUT2D eigenvalue weighted by Gasteiger charge is -2.37. The average Bonchev–Trinajstić information content (AvgIpc) is 3.08. The average molecular weight is 392 g/mol. The zero-order valence-corrected chi connectivity index (χ0v) is 16.3. The van der Waals surface area contributed by atoms with E-state index in [1.807, 2.05) is 18.4 Å². The summed E-state index contributed by atoms with van der Waals surface area (Å²) in [5, 5.41) is 4.55. The number of carbonyl (C=O) groups is 2. The summed E-state index contributed by atoms with van der Waals surface area (Å²) in [4.78, 5) is 28.6. The van der Waals surface area contributed by atoms with Crippen molar-refractivity contribution in [1.29, 1.82) is 0 Å². The third-order valence-corrected chi connectivity index (χ3v) is 5.97. The number of thiophene rings is 1. The lowest BCUT2D eigenvalue weighted by Crippen LogP contribution is -2.53. The summed E-state index contributed by atoms with van der Waals surface area (Å²) in [5.41, 5.74) is 0.455. The molecule has 7 heteroatoms. The molecule has 0 saturated heterocycles. The summed E-state index contributed by atoms with van der Waals surface area (Å²) in [6.07, 6.45) is 0.768. The van der Waals surface area contributed by atoms with Crippen molar-refractivity contribution in [2.45, 2.75) is 39.3 Å². The molecule has 0 fully saturated rings. The fourth-order valence-electron chi connectivity index (χ4n) is 3.43. The SMILES string of the molecule is CC(C)[C@H](NC(=O)c1c(F)cccc1F)C(=O)N1CCc2sccc2[C@@H]1C. The van der Waals surface area contributed by atoms with E-state index in [1.54, 1.807) is 30.1 Å². The van der Waals surface area contributed by atoms with Crippen LogP contribution in [0, 0.1) is 17.6 Å². The van der Waals surface area contributed by atoms with Crippen LogP contribution in [0.1, 0.15) is 47.6 Å². The molecule has 1 aromatic carbocycles. The number of carbonyl (C=O) groups excluding carboxylic acids is 2. The van der Waals surface area contributed by atoms with Gasteiger partial charge in [-0.1, -0.05) is 19.9 Å². The van der Waals surface area contributed by atoms with Gasteiger partial charge in [0.2, 0.25) is 5.91 Å². The largest absolute Gasteiger partial charge is 0.340 e. The number of hydrogen-bond donors (Lipinski definition) is 1. The Hall–Kier alpha value is -2.28. The third-order valence-electron chi connectivity index (χ3n) is 4.97. The van der Waals surface area contributed by atoms with E-state index in [0.717, 1.165) is 24.1 Å². The van der Waals surface area contributed by atoms with Crippen LogP contribution in [0.25, 0.3) is 0 Å². The second-order valence-electron chi connectivity index (χ2n) is 7.05. The number of fused-ring (bicyclic) bond motifs is 1. The maximum atomic E-state index is 13.9. The van der Waals surface area contributed by atoms with E-state index in [4.69, 9.17) is 0 Å². The second-order valence-corrected chi connectivity index (χ2v) is 8.05. The summed E-state index contributed by atoms with van der Waals surface area (Å²) in [5.74, 6) is -3.28. The van der Waals surface area contributed by atoms with Gasteiger partial charge in [-0.15, -0.1) is 11.3 Å². The van der Waals surface area contributed by atoms with Gasteiger partial charge in [0, 0.05) is 11.4 Å². The van der Waals surface area contributed by atoms with Crippen molar-refractivity contribution >= 4 is 23.2 Å². The van der Waals surface area contributed by atoms with Crippen LogP contribution in [0.15, 0.2) is 29.6 Å². The van der Waals surface area contributed by atoms with E-state index < -0.39 is 29.1 Å². The highest BCUT2D eigenvalue weighted by atomic mass is 32.1. The van der Waals surface area contributed by atoms with Gasteiger partial charge >= 0.3 is 0 Å². The summed E-state index contributed by atoms with van der Waals surface area (Å²) in [7, 11) is 0. The van der Waals surface area contributed by atoms with Crippen molar-refractivity contribution in [2.24, 2.45) is 5.92 Å². The highest BCUT2D eigenvalue weighted by Crippen LogP contribution is 2.33. The Labute approximate surface area is 161 Å². The number of nitrogens with zero attached hydrogens (tertiary/aromatic N) is 1. The molecule has 27 heavy (non-hydrogen) atoms. The molecule has 0 bridgehead atoms. The van der Waals surface area contributed by atoms with Crippen molar-refractivity contribution in [1.82, 2.24) is 10.2 Å². The number of rotatable bonds is 4. The fourth-order valence-corrected chi connectivity index (χ4v) is 4.39. The molecule has 144 valence electrons. The zero-order chi connectivity index (χ0) is 19.7. The zero-order valence-electron chi connectivity index (χ0n) is 15.5. The minimum Gasteiger partial charge on any atom is -0.340 e. The third kappa shape index (κ3) is 3.74. The van der Waals surface area contributed by atoms with E-state index in [9.17, 15) is 18.4 Å². The molecule has 2 heterocycles. The molecule has 0 radical (unpaired) electrons. The fraction of sp³-hybridized carbons (Fsp3) is 0.400. The monoisotopic (exact) mass is 392 g/mol. The highest BCUT2D eigenvalue weighted by molar-refractivity contribution is 7.10. The number of hydrogen-bond acceptors (Lipinski definition) is 3. The van der Waals surface area contributed by atoms with Crippen molar-refractivity contribution in [2.75, 3.05) is 6.54 Å². The number of halogens is 2. The summed E-state index contributed by atoms with van der Waals surface area (Å²) >= 11 is 1.68. The Morgan fingerprint density at radius 2 is 1.89 bits per heavy atom. The Morgan fingerprint density at radius 3 is 2.52 bits per heavy atom. The van der Waals surface area contributed by atoms with Gasteiger partial charge in [-0.25, -0.2) is 8.78 Å². The topological polar surface area (TPSA) is 49.4 Å². The molecule has 0 saturated carbocycles. The van der Waals surface area contributed by atoms with Gasteiger partial charge < -0.3 is 10.2 Å². The minimum atomic E-state index is -0.947. The Kier molecular flexibility index (Phi) is 5.60. The maximum absolute atomic E-state index is 13.9. The molecular weight excluding hydrogens is 370 g/mol. The summed E-state index contributed by atoms with van der Waals surface area (Å²) in [6, 6.07) is 4.29. The van der Waals surface area contributed by atoms with Gasteiger partial charge in [-0.3, -0.25) is 9.59 Å². The van der Waals surface area contributed by atoms with Crippen LogP contribution in [0.4, 0.5) is 8.78 Å². The standard InChI is InChI=1S/C20H22F2N2O2S/c1-11(2)18(23-19(25)17-14(21)5-4-6-15(17)22)20(26)24-9-7-16-13(12(24)3)8-10-27-16/h4-6,8,10-12,18H,7,9H2,1-3H3,(H,23,25)/t12-,18-/m0/s1. The summed E-state index contributed by atoms with van der Waals surface area (Å²) < 4.78 is 27.8. The first-order valence-electron chi connectivity index (χ1n) is 8.93. The van der Waals surface area contributed by atoms with E-state index in [0.29, 0.717) is 6.54 Å². The van der Waals surface area contributed by atoms with E-state index in [2.05, 4.69) is 5.32 Å². The molecule has 0 spiro atoms. The minimum absolute atomic E-state index is 0.101. The van der Waals surface area contributed by atoms with Gasteiger partial charge in [0.25, 0.3) is 5.91 Å². The van der Waals surface area contributed by atoms with Crippen molar-refractivity contribution < 1.29 is 18.4 Å². The van der Waals surface area contributed by atoms with Crippen LogP contribution < -0.4 is 5.32 Å². The number of amides is 2. The van der Waals surface area contributed by atoms with Crippen LogP contribution >= 0.6 is 11.3 Å². The maximum Gasteiger partial charge on any atom is 0.257 e. The smallest absolute Gasteiger partial charge is 0.257 e. The predicted molar refractivity (Wildman–Crippen MR) is 101 cm³/mol. The molecular formula is C20H22F2N2O2S. The van der Waals surface area contributed by atoms with Crippen LogP contribution in [-0.4, -0.2) is 29.3 Å². The Morgan fingerprint density at radius 1 is 1.22 bits per heavy atom. The molecule has 2 aromatic rings. The first kappa shape index (κ1) is 19.5. The molecule has 0 unspecified atom stereocenters. The molecule has 2 atom stereocenters. The lowest BCUT2D eigenvalue weighted by atomic mass is 9.96. The first-order chi connectivity index (χ1) is 12.8. The molecule has 3 rings (SSSR count). The van der Waals surface area contributed by atoms with Gasteiger partial charge in [0.15, 0.2) is 0 Å². The second kappa shape index (κ2) is 7.76. The lowest BCUT2D eigenvalue weighted by molar-refractivity contribution is -0.136. The van der Waals surface area contributed by atoms with Gasteiger partial charge in [0.1, 0.15) is 23.2 Å². The molecule has 1 aliphatic heterocycles. The number of nitrogens with one attached hydrogen (secondary N) is 1. The molecule has 0 aliphatic carbocycles. The van der Waals surface area contributed by atoms with Gasteiger partial charge in [-0.2, -0.15) is 0 Å². The molecule has 4 nitrogen and oxygen atoms in total. The molecule has 1 aromatic heterocycles. The first-order valence-corrected chi connectivity index (χ1v) is 9.80. The quantitative estimate of drug-likeness (QED) is 0.857. The van der Waals surface area contributed by atoms with E-state index in [1.165, 1.54) is 10.9 Å². The van der Waals surface area contributed by atoms with Crippen molar-refractivity contribution in [3.05, 3.63) is 57.3 Å². The van der Waals surface area contributed by atoms with Crippen LogP contribution in [0.5, 0.6) is 0 Å². The van der Waals surface area contributed by atoms with E-state index in [-0.39, 0.29) is 17.9 Å². The van der Waals surface area contributed by atoms with E-state index >= 15 is 0 Å².